The maximum atomic E-state index is 6.10. The first-order chi connectivity index (χ1) is 15.7. The van der Waals surface area contributed by atoms with Crippen LogP contribution in [0.15, 0.2) is 64.3 Å². The number of thioether (sulfide) groups is 1. The second kappa shape index (κ2) is 9.36. The number of rotatable bonds is 6. The molecule has 1 aliphatic rings. The fourth-order valence-electron chi connectivity index (χ4n) is 3.60. The van der Waals surface area contributed by atoms with Crippen molar-refractivity contribution in [1.82, 2.24) is 19.7 Å². The number of benzene rings is 2. The number of ether oxygens (including phenoxy) is 1. The van der Waals surface area contributed by atoms with E-state index in [9.17, 15) is 0 Å². The molecule has 0 amide bonds. The second-order valence-corrected chi connectivity index (χ2v) is 8.85. The maximum Gasteiger partial charge on any atom is 0.232 e. The SMILES string of the molecule is Cc1cccc(-n2c(SCc3ncc(-c4cccc(Cl)c4)o3)nnc2N2CCOCC2)c1. The van der Waals surface area contributed by atoms with Crippen LogP contribution in [0.2, 0.25) is 5.02 Å². The molecular formula is C23H22ClN5O2S. The number of morpholine rings is 1. The summed E-state index contributed by atoms with van der Waals surface area (Å²) in [5.74, 6) is 2.68. The van der Waals surface area contributed by atoms with Crippen LogP contribution in [0.4, 0.5) is 5.95 Å². The molecule has 4 aromatic rings. The van der Waals surface area contributed by atoms with Gasteiger partial charge >= 0.3 is 0 Å². The Labute approximate surface area is 195 Å². The molecule has 0 spiro atoms. The fraction of sp³-hybridized carbons (Fsp3) is 0.261. The number of halogens is 1. The number of aryl methyl sites for hydroxylation is 1. The molecule has 2 aromatic heterocycles. The Morgan fingerprint density at radius 3 is 2.72 bits per heavy atom. The van der Waals surface area contributed by atoms with Crippen molar-refractivity contribution in [2.45, 2.75) is 17.8 Å². The van der Waals surface area contributed by atoms with E-state index in [1.54, 1.807) is 18.0 Å². The summed E-state index contributed by atoms with van der Waals surface area (Å²) >= 11 is 7.65. The minimum absolute atomic E-state index is 0.535. The van der Waals surface area contributed by atoms with Gasteiger partial charge < -0.3 is 14.1 Å². The van der Waals surface area contributed by atoms with E-state index >= 15 is 0 Å². The summed E-state index contributed by atoms with van der Waals surface area (Å²) in [6.45, 7) is 5.03. The van der Waals surface area contributed by atoms with Crippen LogP contribution in [0.25, 0.3) is 17.0 Å². The normalized spacial score (nSPS) is 14.1. The third-order valence-corrected chi connectivity index (χ3v) is 6.31. The fourth-order valence-corrected chi connectivity index (χ4v) is 4.59. The lowest BCUT2D eigenvalue weighted by molar-refractivity contribution is 0.122. The molecule has 0 atom stereocenters. The van der Waals surface area contributed by atoms with Crippen molar-refractivity contribution in [1.29, 1.82) is 0 Å². The molecule has 2 aromatic carbocycles. The molecule has 3 heterocycles. The smallest absolute Gasteiger partial charge is 0.232 e. The van der Waals surface area contributed by atoms with Crippen LogP contribution in [0.1, 0.15) is 11.5 Å². The number of oxazole rings is 1. The lowest BCUT2D eigenvalue weighted by Crippen LogP contribution is -2.37. The Morgan fingerprint density at radius 2 is 1.91 bits per heavy atom. The van der Waals surface area contributed by atoms with Crippen LogP contribution in [0, 0.1) is 6.92 Å². The summed E-state index contributed by atoms with van der Waals surface area (Å²) in [5.41, 5.74) is 3.11. The lowest BCUT2D eigenvalue weighted by atomic mass is 10.2. The van der Waals surface area contributed by atoms with Crippen molar-refractivity contribution in [2.75, 3.05) is 31.2 Å². The molecule has 9 heteroatoms. The maximum absolute atomic E-state index is 6.10. The van der Waals surface area contributed by atoms with E-state index in [-0.39, 0.29) is 0 Å². The molecule has 0 aliphatic carbocycles. The van der Waals surface area contributed by atoms with Gasteiger partial charge in [0.25, 0.3) is 0 Å². The number of anilines is 1. The summed E-state index contributed by atoms with van der Waals surface area (Å²) in [7, 11) is 0. The Balaban J connectivity index is 1.41. The largest absolute Gasteiger partial charge is 0.440 e. The van der Waals surface area contributed by atoms with Crippen LogP contribution < -0.4 is 4.90 Å². The molecule has 0 N–H and O–H groups in total. The molecule has 164 valence electrons. The van der Waals surface area contributed by atoms with Crippen molar-refractivity contribution in [3.63, 3.8) is 0 Å². The van der Waals surface area contributed by atoms with E-state index in [4.69, 9.17) is 20.8 Å². The standard InChI is InChI=1S/C23H22ClN5O2S/c1-16-4-2-7-19(12-16)29-22(28-8-10-30-11-9-28)26-27-23(29)32-15-21-25-14-20(31-21)17-5-3-6-18(24)13-17/h2-7,12-14H,8-11,15H2,1H3. The highest BCUT2D eigenvalue weighted by Gasteiger charge is 2.22. The van der Waals surface area contributed by atoms with Gasteiger partial charge in [-0.15, -0.1) is 10.2 Å². The molecule has 0 bridgehead atoms. The highest BCUT2D eigenvalue weighted by molar-refractivity contribution is 7.98. The zero-order chi connectivity index (χ0) is 21.9. The highest BCUT2D eigenvalue weighted by Crippen LogP contribution is 2.31. The predicted molar refractivity (Wildman–Crippen MR) is 126 cm³/mol. The van der Waals surface area contributed by atoms with E-state index in [2.05, 4.69) is 49.8 Å². The molecule has 1 saturated heterocycles. The van der Waals surface area contributed by atoms with Gasteiger partial charge in [-0.05, 0) is 36.8 Å². The molecular weight excluding hydrogens is 446 g/mol. The first kappa shape index (κ1) is 21.1. The van der Waals surface area contributed by atoms with E-state index in [1.165, 1.54) is 5.56 Å². The van der Waals surface area contributed by atoms with E-state index in [0.29, 0.717) is 35.6 Å². The van der Waals surface area contributed by atoms with Gasteiger partial charge in [0.15, 0.2) is 10.9 Å². The van der Waals surface area contributed by atoms with Gasteiger partial charge in [0.2, 0.25) is 11.8 Å². The summed E-state index contributed by atoms with van der Waals surface area (Å²) < 4.78 is 13.6. The molecule has 0 unspecified atom stereocenters. The molecule has 5 rings (SSSR count). The minimum atomic E-state index is 0.535. The van der Waals surface area contributed by atoms with E-state index in [1.807, 2.05) is 30.3 Å². The van der Waals surface area contributed by atoms with Crippen LogP contribution in [-0.2, 0) is 10.5 Å². The van der Waals surface area contributed by atoms with Gasteiger partial charge in [-0.2, -0.15) is 0 Å². The van der Waals surface area contributed by atoms with Gasteiger partial charge in [-0.3, -0.25) is 4.57 Å². The number of nitrogens with zero attached hydrogens (tertiary/aromatic N) is 5. The van der Waals surface area contributed by atoms with Crippen LogP contribution >= 0.6 is 23.4 Å². The molecule has 0 saturated carbocycles. The Hall–Kier alpha value is -2.81. The first-order valence-corrected chi connectivity index (χ1v) is 11.7. The average Bonchev–Trinajstić information content (AvgIpc) is 3.46. The van der Waals surface area contributed by atoms with Crippen LogP contribution in [-0.4, -0.2) is 46.1 Å². The van der Waals surface area contributed by atoms with E-state index < -0.39 is 0 Å². The van der Waals surface area contributed by atoms with Crippen LogP contribution in [0.5, 0.6) is 0 Å². The monoisotopic (exact) mass is 467 g/mol. The van der Waals surface area contributed by atoms with Gasteiger partial charge in [-0.25, -0.2) is 4.98 Å². The number of hydrogen-bond donors (Lipinski definition) is 0. The quantitative estimate of drug-likeness (QED) is 0.369. The molecule has 0 radical (unpaired) electrons. The summed E-state index contributed by atoms with van der Waals surface area (Å²) in [6.07, 6.45) is 1.73. The number of aromatic nitrogens is 4. The molecule has 1 fully saturated rings. The zero-order valence-corrected chi connectivity index (χ0v) is 19.1. The van der Waals surface area contributed by atoms with Crippen molar-refractivity contribution < 1.29 is 9.15 Å². The number of hydrogen-bond acceptors (Lipinski definition) is 7. The van der Waals surface area contributed by atoms with Crippen molar-refractivity contribution in [3.05, 3.63) is 71.2 Å². The summed E-state index contributed by atoms with van der Waals surface area (Å²) in [6, 6.07) is 15.9. The summed E-state index contributed by atoms with van der Waals surface area (Å²) in [5, 5.41) is 10.5. The zero-order valence-electron chi connectivity index (χ0n) is 17.6. The third-order valence-electron chi connectivity index (χ3n) is 5.16. The van der Waals surface area contributed by atoms with E-state index in [0.717, 1.165) is 35.4 Å². The topological polar surface area (TPSA) is 69.2 Å². The third kappa shape index (κ3) is 4.53. The van der Waals surface area contributed by atoms with Gasteiger partial charge in [-0.1, -0.05) is 47.6 Å². The second-order valence-electron chi connectivity index (χ2n) is 7.47. The molecule has 1 aliphatic heterocycles. The average molecular weight is 468 g/mol. The van der Waals surface area contributed by atoms with Gasteiger partial charge in [0.1, 0.15) is 0 Å². The van der Waals surface area contributed by atoms with Crippen molar-refractivity contribution in [2.24, 2.45) is 0 Å². The predicted octanol–water partition coefficient (Wildman–Crippen LogP) is 5.01. The van der Waals surface area contributed by atoms with Gasteiger partial charge in [0.05, 0.1) is 30.9 Å². The summed E-state index contributed by atoms with van der Waals surface area (Å²) in [4.78, 5) is 6.65. The Bertz CT molecular complexity index is 1220. The lowest BCUT2D eigenvalue weighted by Gasteiger charge is -2.28. The Kier molecular flexibility index (Phi) is 6.16. The molecule has 32 heavy (non-hydrogen) atoms. The highest BCUT2D eigenvalue weighted by atomic mass is 35.5. The van der Waals surface area contributed by atoms with Crippen LogP contribution in [0.3, 0.4) is 0 Å². The van der Waals surface area contributed by atoms with Gasteiger partial charge in [0, 0.05) is 23.7 Å². The molecule has 7 nitrogen and oxygen atoms in total. The minimum Gasteiger partial charge on any atom is -0.440 e. The van der Waals surface area contributed by atoms with Crippen molar-refractivity contribution in [3.8, 4) is 17.0 Å². The van der Waals surface area contributed by atoms with Crippen molar-refractivity contribution >= 4 is 29.3 Å². The Morgan fingerprint density at radius 1 is 1.06 bits per heavy atom. The first-order valence-electron chi connectivity index (χ1n) is 10.4.